The van der Waals surface area contributed by atoms with Crippen LogP contribution in [0, 0.1) is 13.8 Å². The van der Waals surface area contributed by atoms with Crippen LogP contribution in [-0.2, 0) is 19.5 Å². The molecule has 3 aromatic rings. The number of aliphatic imine (C=N–C) groups is 1. The zero-order valence-corrected chi connectivity index (χ0v) is 19.0. The van der Waals surface area contributed by atoms with Gasteiger partial charge in [0.1, 0.15) is 12.2 Å². The van der Waals surface area contributed by atoms with E-state index < -0.39 is 0 Å². The molecule has 3 rings (SSSR count). The minimum atomic E-state index is 0.157. The van der Waals surface area contributed by atoms with Crippen molar-refractivity contribution in [2.24, 2.45) is 4.99 Å². The molecule has 2 heterocycles. The summed E-state index contributed by atoms with van der Waals surface area (Å²) in [6.45, 7) is 11.5. The topological polar surface area (TPSA) is 85.0 Å². The molecule has 2 aromatic heterocycles. The first kappa shape index (κ1) is 22.5. The molecule has 0 fully saturated rings. The highest BCUT2D eigenvalue weighted by atomic mass is 15.3. The van der Waals surface area contributed by atoms with E-state index in [1.54, 1.807) is 6.33 Å². The number of nitrogens with one attached hydrogen (secondary N) is 2. The normalized spacial score (nSPS) is 12.7. The van der Waals surface area contributed by atoms with Crippen molar-refractivity contribution in [3.8, 4) is 0 Å². The first-order valence-corrected chi connectivity index (χ1v) is 11.0. The summed E-state index contributed by atoms with van der Waals surface area (Å²) in [5, 5.41) is 19.7. The second-order valence-electron chi connectivity index (χ2n) is 7.73. The van der Waals surface area contributed by atoms with E-state index >= 15 is 0 Å². The fourth-order valence-corrected chi connectivity index (χ4v) is 3.53. The summed E-state index contributed by atoms with van der Waals surface area (Å²) in [5.41, 5.74) is 3.48. The lowest BCUT2D eigenvalue weighted by atomic mass is 10.1. The van der Waals surface area contributed by atoms with Gasteiger partial charge in [-0.3, -0.25) is 9.67 Å². The molecule has 0 saturated carbocycles. The number of hydrogen-bond acceptors (Lipinski definition) is 4. The fraction of sp³-hybridized carbons (Fsp3) is 0.478. The molecule has 1 unspecified atom stereocenters. The third kappa shape index (κ3) is 6.67. The van der Waals surface area contributed by atoms with Crippen LogP contribution < -0.4 is 10.6 Å². The largest absolute Gasteiger partial charge is 0.355 e. The molecule has 8 nitrogen and oxygen atoms in total. The number of hydrogen-bond donors (Lipinski definition) is 2. The van der Waals surface area contributed by atoms with Gasteiger partial charge in [0.2, 0.25) is 0 Å². The number of aromatic nitrogens is 5. The van der Waals surface area contributed by atoms with Gasteiger partial charge in [-0.25, -0.2) is 0 Å². The highest BCUT2D eigenvalue weighted by Gasteiger charge is 2.08. The summed E-state index contributed by atoms with van der Waals surface area (Å²) in [4.78, 5) is 4.81. The molecule has 1 atom stereocenters. The number of aryl methyl sites for hydroxylation is 4. The van der Waals surface area contributed by atoms with Crippen molar-refractivity contribution in [3.05, 3.63) is 65.5 Å². The van der Waals surface area contributed by atoms with Crippen molar-refractivity contribution in [3.63, 3.8) is 0 Å². The lowest BCUT2D eigenvalue weighted by Gasteiger charge is -2.19. The standard InChI is InChI=1S/C23H34N8/c1-5-22-28-26-17-30(22)15-13-25-23(27-20(4)21-10-7-6-8-11-21)24-12-9-14-31-19(3)16-18(2)29-31/h6-8,10-11,16-17,20H,5,9,12-15H2,1-4H3,(H2,24,25,27). The fourth-order valence-electron chi connectivity index (χ4n) is 3.53. The molecule has 0 aliphatic heterocycles. The van der Waals surface area contributed by atoms with Gasteiger partial charge in [-0.05, 0) is 38.8 Å². The van der Waals surface area contributed by atoms with Gasteiger partial charge in [-0.2, -0.15) is 5.10 Å². The summed E-state index contributed by atoms with van der Waals surface area (Å²) in [7, 11) is 0. The highest BCUT2D eigenvalue weighted by Crippen LogP contribution is 2.11. The number of nitrogens with zero attached hydrogens (tertiary/aromatic N) is 6. The van der Waals surface area contributed by atoms with Crippen molar-refractivity contribution in [2.45, 2.75) is 59.7 Å². The maximum Gasteiger partial charge on any atom is 0.191 e. The van der Waals surface area contributed by atoms with Crippen LogP contribution in [0.25, 0.3) is 0 Å². The van der Waals surface area contributed by atoms with Gasteiger partial charge in [0.25, 0.3) is 0 Å². The number of benzene rings is 1. The smallest absolute Gasteiger partial charge is 0.191 e. The van der Waals surface area contributed by atoms with Crippen LogP contribution in [0.3, 0.4) is 0 Å². The number of guanidine groups is 1. The predicted molar refractivity (Wildman–Crippen MR) is 124 cm³/mol. The number of rotatable bonds is 10. The molecule has 0 amide bonds. The van der Waals surface area contributed by atoms with Gasteiger partial charge < -0.3 is 15.2 Å². The molecule has 2 N–H and O–H groups in total. The van der Waals surface area contributed by atoms with Crippen molar-refractivity contribution in [1.82, 2.24) is 35.2 Å². The molecule has 0 saturated heterocycles. The average molecular weight is 423 g/mol. The molecule has 0 aliphatic carbocycles. The molecular weight excluding hydrogens is 388 g/mol. The first-order chi connectivity index (χ1) is 15.1. The van der Waals surface area contributed by atoms with Crippen molar-refractivity contribution >= 4 is 5.96 Å². The second kappa shape index (κ2) is 11.3. The molecule has 166 valence electrons. The minimum absolute atomic E-state index is 0.157. The van der Waals surface area contributed by atoms with Gasteiger partial charge >= 0.3 is 0 Å². The van der Waals surface area contributed by atoms with E-state index in [2.05, 4.69) is 86.3 Å². The van der Waals surface area contributed by atoms with E-state index in [0.717, 1.165) is 56.5 Å². The lowest BCUT2D eigenvalue weighted by Crippen LogP contribution is -2.40. The van der Waals surface area contributed by atoms with Crippen LogP contribution in [0.4, 0.5) is 0 Å². The van der Waals surface area contributed by atoms with Gasteiger partial charge in [0, 0.05) is 38.3 Å². The van der Waals surface area contributed by atoms with Crippen LogP contribution in [-0.4, -0.2) is 43.6 Å². The van der Waals surface area contributed by atoms with E-state index in [-0.39, 0.29) is 6.04 Å². The Bertz CT molecular complexity index is 957. The van der Waals surface area contributed by atoms with E-state index in [1.807, 2.05) is 13.0 Å². The second-order valence-corrected chi connectivity index (χ2v) is 7.73. The van der Waals surface area contributed by atoms with E-state index in [0.29, 0.717) is 0 Å². The molecule has 0 bridgehead atoms. The average Bonchev–Trinajstić information content (AvgIpc) is 3.36. The Hall–Kier alpha value is -3.16. The molecular formula is C23H34N8. The third-order valence-corrected chi connectivity index (χ3v) is 5.21. The Balaban J connectivity index is 1.58. The first-order valence-electron chi connectivity index (χ1n) is 11.0. The molecule has 0 spiro atoms. The van der Waals surface area contributed by atoms with Gasteiger partial charge in [-0.15, -0.1) is 10.2 Å². The quantitative estimate of drug-likeness (QED) is 0.298. The third-order valence-electron chi connectivity index (χ3n) is 5.21. The predicted octanol–water partition coefficient (Wildman–Crippen LogP) is 3.04. The summed E-state index contributed by atoms with van der Waals surface area (Å²) < 4.78 is 4.13. The summed E-state index contributed by atoms with van der Waals surface area (Å²) >= 11 is 0. The van der Waals surface area contributed by atoms with Crippen LogP contribution in [0.1, 0.15) is 49.1 Å². The Labute approximate surface area is 184 Å². The Morgan fingerprint density at radius 3 is 2.68 bits per heavy atom. The Morgan fingerprint density at radius 1 is 1.16 bits per heavy atom. The highest BCUT2D eigenvalue weighted by molar-refractivity contribution is 5.80. The Kier molecular flexibility index (Phi) is 8.20. The summed E-state index contributed by atoms with van der Waals surface area (Å²) in [5.74, 6) is 1.81. The van der Waals surface area contributed by atoms with Crippen molar-refractivity contribution in [1.29, 1.82) is 0 Å². The zero-order chi connectivity index (χ0) is 22.1. The van der Waals surface area contributed by atoms with Gasteiger partial charge in [-0.1, -0.05) is 37.3 Å². The van der Waals surface area contributed by atoms with Crippen LogP contribution in [0.5, 0.6) is 0 Å². The van der Waals surface area contributed by atoms with Crippen LogP contribution in [0.2, 0.25) is 0 Å². The van der Waals surface area contributed by atoms with Gasteiger partial charge in [0.15, 0.2) is 5.96 Å². The minimum Gasteiger partial charge on any atom is -0.355 e. The maximum atomic E-state index is 4.81. The lowest BCUT2D eigenvalue weighted by molar-refractivity contribution is 0.564. The molecule has 1 aromatic carbocycles. The Morgan fingerprint density at radius 2 is 1.97 bits per heavy atom. The monoisotopic (exact) mass is 422 g/mol. The zero-order valence-electron chi connectivity index (χ0n) is 19.0. The summed E-state index contributed by atoms with van der Waals surface area (Å²) in [6.07, 6.45) is 3.59. The van der Waals surface area contributed by atoms with Crippen LogP contribution >= 0.6 is 0 Å². The van der Waals surface area contributed by atoms with E-state index in [1.165, 1.54) is 11.3 Å². The van der Waals surface area contributed by atoms with E-state index in [9.17, 15) is 0 Å². The summed E-state index contributed by atoms with van der Waals surface area (Å²) in [6, 6.07) is 12.7. The molecule has 0 radical (unpaired) electrons. The molecule has 0 aliphatic rings. The molecule has 31 heavy (non-hydrogen) atoms. The van der Waals surface area contributed by atoms with E-state index in [4.69, 9.17) is 4.99 Å². The van der Waals surface area contributed by atoms with Crippen molar-refractivity contribution in [2.75, 3.05) is 13.1 Å². The van der Waals surface area contributed by atoms with Crippen LogP contribution in [0.15, 0.2) is 47.7 Å². The molecule has 8 heteroatoms. The SMILES string of the molecule is CCc1nncn1CCNC(=NCCCn1nc(C)cc1C)NC(C)c1ccccc1. The maximum absolute atomic E-state index is 4.81. The van der Waals surface area contributed by atoms with Crippen molar-refractivity contribution < 1.29 is 0 Å². The van der Waals surface area contributed by atoms with Gasteiger partial charge in [0.05, 0.1) is 11.7 Å².